The molecule has 27 heavy (non-hydrogen) atoms. The van der Waals surface area contributed by atoms with Crippen LogP contribution in [0.3, 0.4) is 0 Å². The van der Waals surface area contributed by atoms with E-state index in [1.54, 1.807) is 36.9 Å². The molecule has 142 valence electrons. The van der Waals surface area contributed by atoms with Crippen molar-refractivity contribution in [3.8, 4) is 5.88 Å². The van der Waals surface area contributed by atoms with Crippen LogP contribution in [0.4, 0.5) is 0 Å². The Morgan fingerprint density at radius 3 is 2.89 bits per heavy atom. The average Bonchev–Trinajstić information content (AvgIpc) is 2.66. The number of rotatable bonds is 5. The van der Waals surface area contributed by atoms with E-state index in [4.69, 9.17) is 9.47 Å². The number of ether oxygens (including phenoxy) is 2. The van der Waals surface area contributed by atoms with E-state index in [-0.39, 0.29) is 11.5 Å². The number of aromatic nitrogens is 3. The Morgan fingerprint density at radius 2 is 2.11 bits per heavy atom. The van der Waals surface area contributed by atoms with E-state index in [9.17, 15) is 4.79 Å². The zero-order chi connectivity index (χ0) is 18.7. The van der Waals surface area contributed by atoms with Crippen LogP contribution >= 0.6 is 0 Å². The van der Waals surface area contributed by atoms with Crippen LogP contribution < -0.4 is 4.74 Å². The van der Waals surface area contributed by atoms with Crippen LogP contribution in [0.15, 0.2) is 36.9 Å². The van der Waals surface area contributed by atoms with Gasteiger partial charge in [-0.05, 0) is 44.2 Å². The Morgan fingerprint density at radius 1 is 1.30 bits per heavy atom. The summed E-state index contributed by atoms with van der Waals surface area (Å²) in [5, 5.41) is 0. The first-order valence-corrected chi connectivity index (χ1v) is 9.38. The number of amides is 1. The van der Waals surface area contributed by atoms with Gasteiger partial charge >= 0.3 is 0 Å². The van der Waals surface area contributed by atoms with Crippen LogP contribution in [0, 0.1) is 12.8 Å². The van der Waals surface area contributed by atoms with Crippen molar-refractivity contribution < 1.29 is 14.3 Å². The van der Waals surface area contributed by atoms with Crippen molar-refractivity contribution in [1.82, 2.24) is 19.9 Å². The minimum atomic E-state index is -0.186. The molecular formula is C20H24N4O3. The van der Waals surface area contributed by atoms with E-state index >= 15 is 0 Å². The number of nitrogens with zero attached hydrogens (tertiary/aromatic N) is 4. The topological polar surface area (TPSA) is 77.4 Å². The van der Waals surface area contributed by atoms with Gasteiger partial charge in [-0.3, -0.25) is 14.8 Å². The molecule has 7 nitrogen and oxygen atoms in total. The monoisotopic (exact) mass is 368 g/mol. The molecule has 1 unspecified atom stereocenters. The van der Waals surface area contributed by atoms with Crippen molar-refractivity contribution in [3.63, 3.8) is 0 Å². The predicted molar refractivity (Wildman–Crippen MR) is 98.4 cm³/mol. The lowest BCUT2D eigenvalue weighted by molar-refractivity contribution is -0.166. The smallest absolute Gasteiger partial charge is 0.254 e. The largest absolute Gasteiger partial charge is 0.477 e. The summed E-state index contributed by atoms with van der Waals surface area (Å²) in [5.41, 5.74) is 1.35. The van der Waals surface area contributed by atoms with Gasteiger partial charge in [0.25, 0.3) is 5.91 Å². The van der Waals surface area contributed by atoms with E-state index in [1.165, 1.54) is 0 Å². The summed E-state index contributed by atoms with van der Waals surface area (Å²) >= 11 is 0. The van der Waals surface area contributed by atoms with Gasteiger partial charge in [0.1, 0.15) is 5.60 Å². The Bertz CT molecular complexity index is 793. The molecule has 4 heterocycles. The van der Waals surface area contributed by atoms with Gasteiger partial charge in [0.05, 0.1) is 31.6 Å². The molecule has 2 aliphatic heterocycles. The van der Waals surface area contributed by atoms with Gasteiger partial charge in [0.2, 0.25) is 5.88 Å². The van der Waals surface area contributed by atoms with Crippen molar-refractivity contribution >= 4 is 5.91 Å². The lowest BCUT2D eigenvalue weighted by Crippen LogP contribution is -2.66. The highest BCUT2D eigenvalue weighted by molar-refractivity contribution is 5.94. The Labute approximate surface area is 158 Å². The minimum Gasteiger partial charge on any atom is -0.477 e. The maximum atomic E-state index is 12.5. The Hall–Kier alpha value is -2.54. The summed E-state index contributed by atoms with van der Waals surface area (Å²) in [4.78, 5) is 26.7. The van der Waals surface area contributed by atoms with Gasteiger partial charge in [0, 0.05) is 30.8 Å². The van der Waals surface area contributed by atoms with Crippen LogP contribution in [0.2, 0.25) is 0 Å². The lowest BCUT2D eigenvalue weighted by atomic mass is 9.79. The second kappa shape index (κ2) is 7.60. The first-order valence-electron chi connectivity index (χ1n) is 9.38. The Balaban J connectivity index is 1.26. The Kier molecular flexibility index (Phi) is 5.03. The van der Waals surface area contributed by atoms with E-state index in [2.05, 4.69) is 15.0 Å². The van der Waals surface area contributed by atoms with E-state index in [1.807, 2.05) is 11.8 Å². The van der Waals surface area contributed by atoms with E-state index < -0.39 is 0 Å². The first kappa shape index (κ1) is 17.9. The third-order valence-electron chi connectivity index (χ3n) is 5.28. The molecule has 0 aliphatic carbocycles. The van der Waals surface area contributed by atoms with E-state index in [0.29, 0.717) is 37.1 Å². The summed E-state index contributed by atoms with van der Waals surface area (Å²) in [7, 11) is 0. The fourth-order valence-corrected chi connectivity index (χ4v) is 3.91. The number of carbonyl (C=O) groups excluding carboxylic acids is 1. The SMILES string of the molecule is Cc1cncc(OCCC2CCOC3(C2)CN(C(=O)c2ccncc2)C3)n1. The van der Waals surface area contributed by atoms with Gasteiger partial charge in [-0.15, -0.1) is 0 Å². The van der Waals surface area contributed by atoms with Crippen molar-refractivity contribution in [2.45, 2.75) is 31.8 Å². The molecule has 0 aromatic carbocycles. The van der Waals surface area contributed by atoms with Crippen molar-refractivity contribution in [1.29, 1.82) is 0 Å². The molecule has 1 amide bonds. The molecule has 2 aromatic rings. The first-order chi connectivity index (χ1) is 13.1. The van der Waals surface area contributed by atoms with Gasteiger partial charge in [-0.25, -0.2) is 4.98 Å². The highest BCUT2D eigenvalue weighted by atomic mass is 16.5. The molecule has 7 heteroatoms. The molecule has 2 aliphatic rings. The summed E-state index contributed by atoms with van der Waals surface area (Å²) in [5.74, 6) is 1.17. The maximum absolute atomic E-state index is 12.5. The maximum Gasteiger partial charge on any atom is 0.254 e. The number of hydrogen-bond donors (Lipinski definition) is 0. The van der Waals surface area contributed by atoms with E-state index in [0.717, 1.165) is 31.6 Å². The number of likely N-dealkylation sites (tertiary alicyclic amines) is 1. The standard InChI is InChI=1S/C20H24N4O3/c1-15-11-22-12-18(23-15)26-8-4-16-5-9-27-20(10-16)13-24(14-20)19(25)17-2-6-21-7-3-17/h2-3,6-7,11-12,16H,4-5,8-10,13-14H2,1H3. The fourth-order valence-electron chi connectivity index (χ4n) is 3.91. The molecule has 0 radical (unpaired) electrons. The zero-order valence-electron chi connectivity index (χ0n) is 15.5. The lowest BCUT2D eigenvalue weighted by Gasteiger charge is -2.53. The highest BCUT2D eigenvalue weighted by Crippen LogP contribution is 2.38. The average molecular weight is 368 g/mol. The quantitative estimate of drug-likeness (QED) is 0.806. The van der Waals surface area contributed by atoms with Gasteiger partial charge in [0.15, 0.2) is 0 Å². The van der Waals surface area contributed by atoms with Gasteiger partial charge < -0.3 is 14.4 Å². The molecule has 1 atom stereocenters. The molecule has 2 saturated heterocycles. The third kappa shape index (κ3) is 4.08. The molecule has 4 rings (SSSR count). The fraction of sp³-hybridized carbons (Fsp3) is 0.500. The predicted octanol–water partition coefficient (Wildman–Crippen LogP) is 2.27. The second-order valence-electron chi connectivity index (χ2n) is 7.42. The number of aryl methyl sites for hydroxylation is 1. The van der Waals surface area contributed by atoms with Crippen LogP contribution in [-0.2, 0) is 4.74 Å². The highest BCUT2D eigenvalue weighted by Gasteiger charge is 2.49. The summed E-state index contributed by atoms with van der Waals surface area (Å²) in [6.45, 7) is 4.59. The van der Waals surface area contributed by atoms with Gasteiger partial charge in [-0.1, -0.05) is 0 Å². The molecule has 0 saturated carbocycles. The molecular weight excluding hydrogens is 344 g/mol. The summed E-state index contributed by atoms with van der Waals surface area (Å²) < 4.78 is 11.8. The van der Waals surface area contributed by atoms with Crippen LogP contribution in [0.25, 0.3) is 0 Å². The third-order valence-corrected chi connectivity index (χ3v) is 5.28. The molecule has 1 spiro atoms. The number of carbonyl (C=O) groups is 1. The number of pyridine rings is 1. The van der Waals surface area contributed by atoms with Crippen molar-refractivity contribution in [3.05, 3.63) is 48.2 Å². The molecule has 2 aromatic heterocycles. The molecule has 0 N–H and O–H groups in total. The second-order valence-corrected chi connectivity index (χ2v) is 7.42. The summed E-state index contributed by atoms with van der Waals surface area (Å²) in [6, 6.07) is 3.51. The normalized spacial score (nSPS) is 20.9. The van der Waals surface area contributed by atoms with Crippen LogP contribution in [0.1, 0.15) is 35.3 Å². The number of hydrogen-bond acceptors (Lipinski definition) is 6. The molecule has 2 fully saturated rings. The van der Waals surface area contributed by atoms with Crippen molar-refractivity contribution in [2.24, 2.45) is 5.92 Å². The zero-order valence-corrected chi connectivity index (χ0v) is 15.5. The van der Waals surface area contributed by atoms with Crippen molar-refractivity contribution in [2.75, 3.05) is 26.3 Å². The van der Waals surface area contributed by atoms with Crippen LogP contribution in [-0.4, -0.2) is 57.7 Å². The summed E-state index contributed by atoms with van der Waals surface area (Å²) in [6.07, 6.45) is 9.61. The molecule has 0 bridgehead atoms. The van der Waals surface area contributed by atoms with Gasteiger partial charge in [-0.2, -0.15) is 0 Å². The van der Waals surface area contributed by atoms with Crippen LogP contribution in [0.5, 0.6) is 5.88 Å². The minimum absolute atomic E-state index is 0.0510.